The number of allylic oxidation sites excluding steroid dienone is 1. The molecule has 1 atom stereocenters. The van der Waals surface area contributed by atoms with E-state index in [1.807, 2.05) is 80.6 Å². The highest BCUT2D eigenvalue weighted by Crippen LogP contribution is 2.41. The molecule has 1 aliphatic heterocycles. The fourth-order valence-corrected chi connectivity index (χ4v) is 7.12. The van der Waals surface area contributed by atoms with Crippen LogP contribution in [0, 0.1) is 0 Å². The number of aromatic nitrogens is 3. The van der Waals surface area contributed by atoms with E-state index < -0.39 is 6.04 Å². The molecule has 46 heavy (non-hydrogen) atoms. The van der Waals surface area contributed by atoms with Crippen LogP contribution in [0.5, 0.6) is 11.5 Å². The summed E-state index contributed by atoms with van der Waals surface area (Å²) < 4.78 is 21.2. The smallest absolute Gasteiger partial charge is 0.338 e. The maximum Gasteiger partial charge on any atom is 0.338 e. The third kappa shape index (κ3) is 7.56. The molecule has 0 radical (unpaired) electrons. The van der Waals surface area contributed by atoms with Crippen molar-refractivity contribution < 1.29 is 19.0 Å². The molecule has 4 aromatic rings. The van der Waals surface area contributed by atoms with Crippen LogP contribution < -0.4 is 14.8 Å². The number of hydrogen-bond acceptors (Lipinski definition) is 8. The van der Waals surface area contributed by atoms with Crippen molar-refractivity contribution in [2.45, 2.75) is 75.6 Å². The van der Waals surface area contributed by atoms with Gasteiger partial charge in [-0.15, -0.1) is 5.10 Å². The Morgan fingerprint density at radius 1 is 1.04 bits per heavy atom. The summed E-state index contributed by atoms with van der Waals surface area (Å²) in [6, 6.07) is 20.9. The first kappa shape index (κ1) is 32.5. The second-order valence-electron chi connectivity index (χ2n) is 11.3. The zero-order valence-electron chi connectivity index (χ0n) is 25.8. The lowest BCUT2D eigenvalue weighted by molar-refractivity contribution is -0.146. The molecule has 1 fully saturated rings. The Bertz CT molecular complexity index is 1720. The minimum Gasteiger partial charge on any atom is -0.490 e. The molecule has 1 N–H and O–H groups in total. The third-order valence-electron chi connectivity index (χ3n) is 8.08. The number of carbonyl (C=O) groups is 1. The molecule has 240 valence electrons. The van der Waals surface area contributed by atoms with Crippen LogP contribution in [0.3, 0.4) is 0 Å². The van der Waals surface area contributed by atoms with E-state index in [2.05, 4.69) is 21.2 Å². The molecular weight excluding hydrogens is 688 g/mol. The summed E-state index contributed by atoms with van der Waals surface area (Å²) in [4.78, 5) is 18.7. The SMILES string of the molecule is CCOc1cc(C2C(C(=O)OC3CCCCC3)=C(C)Nc3nc(SCc4ccccc4Cl)nn32)ccc1OCc1ccc(Br)cc1. The van der Waals surface area contributed by atoms with Crippen molar-refractivity contribution in [1.82, 2.24) is 14.8 Å². The third-order valence-corrected chi connectivity index (χ3v) is 9.87. The van der Waals surface area contributed by atoms with Gasteiger partial charge < -0.3 is 19.5 Å². The van der Waals surface area contributed by atoms with Gasteiger partial charge in [0.05, 0.1) is 12.2 Å². The van der Waals surface area contributed by atoms with E-state index in [0.29, 0.717) is 57.9 Å². The molecule has 2 aliphatic rings. The second kappa shape index (κ2) is 15.0. The molecule has 8 nitrogen and oxygen atoms in total. The van der Waals surface area contributed by atoms with Gasteiger partial charge in [-0.2, -0.15) is 4.98 Å². The number of hydrogen-bond donors (Lipinski definition) is 1. The molecule has 0 spiro atoms. The average molecular weight is 724 g/mol. The number of benzene rings is 3. The number of thioether (sulfide) groups is 1. The van der Waals surface area contributed by atoms with Crippen molar-refractivity contribution >= 4 is 51.2 Å². The first-order valence-electron chi connectivity index (χ1n) is 15.5. The number of nitrogens with zero attached hydrogens (tertiary/aromatic N) is 3. The minimum absolute atomic E-state index is 0.0885. The molecule has 2 heterocycles. The fraction of sp³-hybridized carbons (Fsp3) is 0.343. The number of nitrogens with one attached hydrogen (secondary N) is 1. The molecular formula is C35H36BrClN4O4S. The summed E-state index contributed by atoms with van der Waals surface area (Å²) >= 11 is 11.4. The van der Waals surface area contributed by atoms with Crippen LogP contribution in [-0.4, -0.2) is 33.4 Å². The van der Waals surface area contributed by atoms with Gasteiger partial charge in [0.15, 0.2) is 11.5 Å². The first-order valence-corrected chi connectivity index (χ1v) is 17.7. The minimum atomic E-state index is -0.589. The molecule has 1 saturated carbocycles. The van der Waals surface area contributed by atoms with E-state index in [1.54, 1.807) is 4.68 Å². The van der Waals surface area contributed by atoms with E-state index >= 15 is 0 Å². The number of rotatable bonds is 11. The van der Waals surface area contributed by atoms with Crippen molar-refractivity contribution in [3.63, 3.8) is 0 Å². The lowest BCUT2D eigenvalue weighted by atomic mass is 9.94. The molecule has 3 aromatic carbocycles. The Morgan fingerprint density at radius 3 is 2.59 bits per heavy atom. The van der Waals surface area contributed by atoms with E-state index in [4.69, 9.17) is 35.9 Å². The summed E-state index contributed by atoms with van der Waals surface area (Å²) in [6.45, 7) is 4.66. The van der Waals surface area contributed by atoms with Gasteiger partial charge in [-0.3, -0.25) is 0 Å². The largest absolute Gasteiger partial charge is 0.490 e. The Balaban J connectivity index is 1.33. The van der Waals surface area contributed by atoms with Gasteiger partial charge in [-0.05, 0) is 86.6 Å². The molecule has 6 rings (SSSR count). The second-order valence-corrected chi connectivity index (χ2v) is 13.6. The number of carbonyl (C=O) groups excluding carboxylic acids is 1. The van der Waals surface area contributed by atoms with E-state index in [0.717, 1.165) is 46.8 Å². The summed E-state index contributed by atoms with van der Waals surface area (Å²) in [5.41, 5.74) is 4.02. The summed E-state index contributed by atoms with van der Waals surface area (Å²) in [5.74, 6) is 2.01. The van der Waals surface area contributed by atoms with Gasteiger partial charge in [0.2, 0.25) is 11.1 Å². The Kier molecular flexibility index (Phi) is 10.6. The van der Waals surface area contributed by atoms with Crippen LogP contribution in [0.2, 0.25) is 5.02 Å². The zero-order chi connectivity index (χ0) is 32.0. The molecule has 0 amide bonds. The van der Waals surface area contributed by atoms with E-state index in [1.165, 1.54) is 18.2 Å². The number of fused-ring (bicyclic) bond motifs is 1. The molecule has 11 heteroatoms. The highest BCUT2D eigenvalue weighted by molar-refractivity contribution is 9.10. The van der Waals surface area contributed by atoms with Gasteiger partial charge in [0, 0.05) is 20.9 Å². The van der Waals surface area contributed by atoms with Crippen molar-refractivity contribution in [2.24, 2.45) is 0 Å². The Labute approximate surface area is 287 Å². The van der Waals surface area contributed by atoms with Gasteiger partial charge in [0.1, 0.15) is 18.8 Å². The monoisotopic (exact) mass is 722 g/mol. The van der Waals surface area contributed by atoms with Gasteiger partial charge in [-0.25, -0.2) is 9.48 Å². The molecule has 1 aliphatic carbocycles. The highest BCUT2D eigenvalue weighted by Gasteiger charge is 2.37. The van der Waals surface area contributed by atoms with Crippen molar-refractivity contribution in [2.75, 3.05) is 11.9 Å². The molecule has 0 bridgehead atoms. The Hall–Kier alpha value is -3.47. The molecule has 0 saturated heterocycles. The van der Waals surface area contributed by atoms with Crippen LogP contribution in [0.15, 0.2) is 87.6 Å². The number of halogens is 2. The van der Waals surface area contributed by atoms with Crippen LogP contribution in [0.25, 0.3) is 0 Å². The maximum absolute atomic E-state index is 13.9. The van der Waals surface area contributed by atoms with Crippen LogP contribution in [0.4, 0.5) is 5.95 Å². The first-order chi connectivity index (χ1) is 22.4. The zero-order valence-corrected chi connectivity index (χ0v) is 29.0. The normalized spacial score (nSPS) is 16.5. The standard InChI is InChI=1S/C35H36BrClN4O4S/c1-3-43-30-19-24(15-18-29(30)44-20-23-13-16-26(36)17-14-23)32-31(33(42)45-27-10-5-4-6-11-27)22(2)38-34-39-35(40-41(32)34)46-21-25-9-7-8-12-28(25)37/h7-9,12-19,27,32H,3-6,10-11,20-21H2,1-2H3,(H,38,39,40). The summed E-state index contributed by atoms with van der Waals surface area (Å²) in [5, 5.41) is 9.49. The number of ether oxygens (including phenoxy) is 3. The summed E-state index contributed by atoms with van der Waals surface area (Å²) in [6.07, 6.45) is 4.98. The van der Waals surface area contributed by atoms with Crippen molar-refractivity contribution in [3.05, 3.63) is 104 Å². The molecule has 1 aromatic heterocycles. The highest BCUT2D eigenvalue weighted by atomic mass is 79.9. The van der Waals surface area contributed by atoms with Gasteiger partial charge >= 0.3 is 5.97 Å². The molecule has 1 unspecified atom stereocenters. The average Bonchev–Trinajstić information content (AvgIpc) is 3.46. The topological polar surface area (TPSA) is 87.5 Å². The lowest BCUT2D eigenvalue weighted by Crippen LogP contribution is -2.32. The van der Waals surface area contributed by atoms with E-state index in [-0.39, 0.29) is 12.1 Å². The van der Waals surface area contributed by atoms with Gasteiger partial charge in [0.25, 0.3) is 0 Å². The van der Waals surface area contributed by atoms with Gasteiger partial charge in [-0.1, -0.05) is 82.1 Å². The van der Waals surface area contributed by atoms with Crippen LogP contribution in [-0.2, 0) is 21.9 Å². The van der Waals surface area contributed by atoms with Crippen molar-refractivity contribution in [3.8, 4) is 11.5 Å². The van der Waals surface area contributed by atoms with Crippen LogP contribution in [0.1, 0.15) is 68.7 Å². The number of anilines is 1. The quantitative estimate of drug-likeness (QED) is 0.121. The lowest BCUT2D eigenvalue weighted by Gasteiger charge is -2.30. The van der Waals surface area contributed by atoms with Crippen LogP contribution >= 0.6 is 39.3 Å². The number of esters is 1. The predicted molar refractivity (Wildman–Crippen MR) is 185 cm³/mol. The fourth-order valence-electron chi connectivity index (χ4n) is 5.74. The maximum atomic E-state index is 13.9. The Morgan fingerprint density at radius 2 is 1.83 bits per heavy atom. The van der Waals surface area contributed by atoms with Crippen molar-refractivity contribution in [1.29, 1.82) is 0 Å². The summed E-state index contributed by atoms with van der Waals surface area (Å²) in [7, 11) is 0. The van der Waals surface area contributed by atoms with E-state index in [9.17, 15) is 4.79 Å². The predicted octanol–water partition coefficient (Wildman–Crippen LogP) is 9.13.